The summed E-state index contributed by atoms with van der Waals surface area (Å²) in [4.78, 5) is 10.8. The standard InChI is InChI=1S/C15H13F3N2O3S2/c16-15(17,18)9-19-25(22,23)11-6-7-12(10-4-2-1-3-5-10)13(8-11)20-14(21)24/h1-8,19H,9H2,(H2,20,21,24). The molecule has 0 aliphatic carbocycles. The number of alkyl halides is 3. The first-order chi connectivity index (χ1) is 11.6. The Kier molecular flexibility index (Phi) is 5.76. The van der Waals surface area contributed by atoms with Gasteiger partial charge in [-0.2, -0.15) is 13.2 Å². The molecule has 0 spiro atoms. The van der Waals surface area contributed by atoms with Crippen molar-refractivity contribution in [3.63, 3.8) is 0 Å². The Hall–Kier alpha value is -2.04. The Labute approximate surface area is 147 Å². The summed E-state index contributed by atoms with van der Waals surface area (Å²) in [6.45, 7) is -1.69. The zero-order valence-corrected chi connectivity index (χ0v) is 14.3. The van der Waals surface area contributed by atoms with Crippen LogP contribution in [-0.4, -0.2) is 26.4 Å². The SMILES string of the molecule is O=C(S)Nc1cc(S(=O)(=O)NCC(F)(F)F)ccc1-c1ccccc1. The van der Waals surface area contributed by atoms with Gasteiger partial charge in [0.2, 0.25) is 10.0 Å². The molecule has 0 aliphatic rings. The van der Waals surface area contributed by atoms with Crippen LogP contribution in [0, 0.1) is 0 Å². The van der Waals surface area contributed by atoms with E-state index < -0.39 is 32.9 Å². The Bertz CT molecular complexity index is 869. The van der Waals surface area contributed by atoms with Crippen LogP contribution in [-0.2, 0) is 10.0 Å². The lowest BCUT2D eigenvalue weighted by atomic mass is 10.0. The lowest BCUT2D eigenvalue weighted by Gasteiger charge is -2.14. The third-order valence-electron chi connectivity index (χ3n) is 3.09. The van der Waals surface area contributed by atoms with E-state index in [-0.39, 0.29) is 5.69 Å². The number of nitrogens with one attached hydrogen (secondary N) is 2. The van der Waals surface area contributed by atoms with E-state index in [0.717, 1.165) is 12.1 Å². The Morgan fingerprint density at radius 1 is 1.08 bits per heavy atom. The minimum absolute atomic E-state index is 0.112. The molecular formula is C15H13F3N2O3S2. The molecular weight excluding hydrogens is 377 g/mol. The summed E-state index contributed by atoms with van der Waals surface area (Å²) in [5.74, 6) is 0. The van der Waals surface area contributed by atoms with Crippen molar-refractivity contribution in [2.24, 2.45) is 0 Å². The number of thiol groups is 1. The molecule has 0 radical (unpaired) electrons. The molecule has 134 valence electrons. The van der Waals surface area contributed by atoms with Gasteiger partial charge in [0.15, 0.2) is 0 Å². The van der Waals surface area contributed by atoms with Crippen molar-refractivity contribution in [1.82, 2.24) is 4.72 Å². The van der Waals surface area contributed by atoms with Gasteiger partial charge in [0.1, 0.15) is 6.54 Å². The van der Waals surface area contributed by atoms with Crippen LogP contribution >= 0.6 is 12.6 Å². The minimum atomic E-state index is -4.68. The molecule has 10 heteroatoms. The third-order valence-corrected chi connectivity index (χ3v) is 4.60. The molecule has 0 aliphatic heterocycles. The van der Waals surface area contributed by atoms with Gasteiger partial charge < -0.3 is 5.32 Å². The summed E-state index contributed by atoms with van der Waals surface area (Å²) in [5, 5.41) is 1.63. The van der Waals surface area contributed by atoms with Crippen molar-refractivity contribution >= 4 is 33.6 Å². The van der Waals surface area contributed by atoms with Crippen molar-refractivity contribution in [3.8, 4) is 11.1 Å². The number of halogens is 3. The van der Waals surface area contributed by atoms with Gasteiger partial charge in [-0.05, 0) is 17.7 Å². The van der Waals surface area contributed by atoms with E-state index in [2.05, 4.69) is 17.9 Å². The number of anilines is 1. The molecule has 0 fully saturated rings. The second-order valence-electron chi connectivity index (χ2n) is 4.94. The lowest BCUT2D eigenvalue weighted by molar-refractivity contribution is -0.121. The molecule has 0 heterocycles. The highest BCUT2D eigenvalue weighted by Gasteiger charge is 2.30. The Morgan fingerprint density at radius 2 is 1.72 bits per heavy atom. The third kappa shape index (κ3) is 5.48. The second kappa shape index (κ2) is 7.46. The first kappa shape index (κ1) is 19.3. The van der Waals surface area contributed by atoms with Gasteiger partial charge in [-0.1, -0.05) is 49.0 Å². The topological polar surface area (TPSA) is 75.3 Å². The van der Waals surface area contributed by atoms with Crippen LogP contribution in [0.4, 0.5) is 23.7 Å². The number of carbonyl (C=O) groups excluding carboxylic acids is 1. The molecule has 0 saturated carbocycles. The number of amides is 1. The van der Waals surface area contributed by atoms with E-state index in [9.17, 15) is 26.4 Å². The van der Waals surface area contributed by atoms with Crippen molar-refractivity contribution in [2.45, 2.75) is 11.1 Å². The highest BCUT2D eigenvalue weighted by atomic mass is 32.2. The number of rotatable bonds is 5. The van der Waals surface area contributed by atoms with Gasteiger partial charge in [0.25, 0.3) is 5.24 Å². The first-order valence-electron chi connectivity index (χ1n) is 6.84. The molecule has 0 aromatic heterocycles. The Morgan fingerprint density at radius 3 is 2.28 bits per heavy atom. The number of benzene rings is 2. The zero-order chi connectivity index (χ0) is 18.7. The quantitative estimate of drug-likeness (QED) is 0.682. The average Bonchev–Trinajstić information content (AvgIpc) is 2.53. The van der Waals surface area contributed by atoms with E-state index in [1.165, 1.54) is 10.8 Å². The van der Waals surface area contributed by atoms with Gasteiger partial charge in [-0.25, -0.2) is 13.1 Å². The van der Waals surface area contributed by atoms with Crippen molar-refractivity contribution in [1.29, 1.82) is 0 Å². The van der Waals surface area contributed by atoms with Crippen molar-refractivity contribution in [3.05, 3.63) is 48.5 Å². The maximum atomic E-state index is 12.2. The smallest absolute Gasteiger partial charge is 0.316 e. The van der Waals surface area contributed by atoms with Crippen LogP contribution in [0.25, 0.3) is 11.1 Å². The van der Waals surface area contributed by atoms with Crippen LogP contribution in [0.1, 0.15) is 0 Å². The highest BCUT2D eigenvalue weighted by Crippen LogP contribution is 2.30. The first-order valence-corrected chi connectivity index (χ1v) is 8.77. The molecule has 0 unspecified atom stereocenters. The van der Waals surface area contributed by atoms with Crippen LogP contribution in [0.5, 0.6) is 0 Å². The Balaban J connectivity index is 2.43. The summed E-state index contributed by atoms with van der Waals surface area (Å²) in [6.07, 6.45) is -4.68. The molecule has 5 nitrogen and oxygen atoms in total. The second-order valence-corrected chi connectivity index (χ2v) is 7.12. The largest absolute Gasteiger partial charge is 0.402 e. The maximum Gasteiger partial charge on any atom is 0.402 e. The van der Waals surface area contributed by atoms with E-state index >= 15 is 0 Å². The fourth-order valence-corrected chi connectivity index (χ4v) is 3.20. The molecule has 0 bridgehead atoms. The van der Waals surface area contributed by atoms with Gasteiger partial charge in [0, 0.05) is 5.56 Å². The maximum absolute atomic E-state index is 12.2. The van der Waals surface area contributed by atoms with E-state index in [4.69, 9.17) is 0 Å². The normalized spacial score (nSPS) is 12.0. The summed E-state index contributed by atoms with van der Waals surface area (Å²) in [5.41, 5.74) is 1.30. The van der Waals surface area contributed by atoms with Crippen LogP contribution in [0.3, 0.4) is 0 Å². The fourth-order valence-electron chi connectivity index (χ4n) is 2.04. The summed E-state index contributed by atoms with van der Waals surface area (Å²) in [6, 6.07) is 12.4. The predicted molar refractivity (Wildman–Crippen MR) is 91.1 cm³/mol. The van der Waals surface area contributed by atoms with E-state index in [1.54, 1.807) is 30.3 Å². The lowest BCUT2D eigenvalue weighted by Crippen LogP contribution is -2.33. The van der Waals surface area contributed by atoms with E-state index in [1.807, 2.05) is 0 Å². The number of carbonyl (C=O) groups is 1. The average molecular weight is 390 g/mol. The van der Waals surface area contributed by atoms with Crippen molar-refractivity contribution < 1.29 is 26.4 Å². The van der Waals surface area contributed by atoms with Gasteiger partial charge in [-0.3, -0.25) is 4.79 Å². The van der Waals surface area contributed by atoms with E-state index in [0.29, 0.717) is 11.1 Å². The summed E-state index contributed by atoms with van der Waals surface area (Å²) >= 11 is 3.59. The predicted octanol–water partition coefficient (Wildman–Crippen LogP) is 3.66. The molecule has 0 atom stereocenters. The minimum Gasteiger partial charge on any atom is -0.316 e. The number of hydrogen-bond donors (Lipinski definition) is 3. The zero-order valence-electron chi connectivity index (χ0n) is 12.5. The molecule has 0 saturated heterocycles. The molecule has 1 amide bonds. The molecule has 2 N–H and O–H groups in total. The molecule has 25 heavy (non-hydrogen) atoms. The summed E-state index contributed by atoms with van der Waals surface area (Å²) in [7, 11) is -4.40. The van der Waals surface area contributed by atoms with Gasteiger partial charge in [-0.15, -0.1) is 0 Å². The van der Waals surface area contributed by atoms with Crippen LogP contribution in [0.2, 0.25) is 0 Å². The molecule has 2 aromatic rings. The summed E-state index contributed by atoms with van der Waals surface area (Å²) < 4.78 is 62.2. The van der Waals surface area contributed by atoms with Gasteiger partial charge >= 0.3 is 6.18 Å². The van der Waals surface area contributed by atoms with Crippen LogP contribution in [0.15, 0.2) is 53.4 Å². The number of sulfonamides is 1. The van der Waals surface area contributed by atoms with Crippen molar-refractivity contribution in [2.75, 3.05) is 11.9 Å². The molecule has 2 rings (SSSR count). The fraction of sp³-hybridized carbons (Fsp3) is 0.133. The van der Waals surface area contributed by atoms with Crippen LogP contribution < -0.4 is 10.0 Å². The number of hydrogen-bond acceptors (Lipinski definition) is 3. The monoisotopic (exact) mass is 390 g/mol. The van der Waals surface area contributed by atoms with Gasteiger partial charge in [0.05, 0.1) is 10.6 Å². The molecule has 2 aromatic carbocycles. The highest BCUT2D eigenvalue weighted by molar-refractivity contribution is 7.96.